The third-order valence-corrected chi connectivity index (χ3v) is 2.20. The molecule has 3 amide bonds. The Bertz CT molecular complexity index is 448. The van der Waals surface area contributed by atoms with Crippen LogP contribution >= 0.6 is 0 Å². The number of primary amides is 1. The summed E-state index contributed by atoms with van der Waals surface area (Å²) in [6.07, 6.45) is 0. The molecule has 0 radical (unpaired) electrons. The van der Waals surface area contributed by atoms with Gasteiger partial charge >= 0.3 is 6.03 Å². The Hall–Kier alpha value is -2.11. The molecule has 0 saturated carbocycles. The average molecular weight is 239 g/mol. The van der Waals surface area contributed by atoms with Crippen molar-refractivity contribution in [2.24, 2.45) is 5.73 Å². The van der Waals surface area contributed by atoms with Crippen molar-refractivity contribution in [2.45, 2.75) is 19.9 Å². The number of hydrogen-bond donors (Lipinski definition) is 3. The van der Waals surface area contributed by atoms with Crippen LogP contribution in [0.1, 0.15) is 12.5 Å². The molecule has 1 aromatic carbocycles. The Morgan fingerprint density at radius 1 is 1.41 bits per heavy atom. The van der Waals surface area contributed by atoms with Crippen LogP contribution in [0.4, 0.5) is 14.9 Å². The van der Waals surface area contributed by atoms with Gasteiger partial charge in [0, 0.05) is 0 Å². The molecule has 6 heteroatoms. The topological polar surface area (TPSA) is 84.2 Å². The second-order valence-corrected chi connectivity index (χ2v) is 3.66. The maximum atomic E-state index is 13.6. The van der Waals surface area contributed by atoms with Gasteiger partial charge in [0.15, 0.2) is 0 Å². The van der Waals surface area contributed by atoms with E-state index in [1.807, 2.05) is 5.32 Å². The Labute approximate surface area is 98.2 Å². The van der Waals surface area contributed by atoms with Crippen LogP contribution in [0.5, 0.6) is 0 Å². The van der Waals surface area contributed by atoms with Gasteiger partial charge in [-0.15, -0.1) is 0 Å². The fraction of sp³-hybridized carbons (Fsp3) is 0.273. The summed E-state index contributed by atoms with van der Waals surface area (Å²) in [5.41, 5.74) is 5.48. The number of benzene rings is 1. The van der Waals surface area contributed by atoms with Gasteiger partial charge in [0.1, 0.15) is 11.9 Å². The van der Waals surface area contributed by atoms with Crippen LogP contribution in [0.15, 0.2) is 18.2 Å². The molecular formula is C11H14FN3O2. The molecule has 0 fully saturated rings. The second-order valence-electron chi connectivity index (χ2n) is 3.66. The predicted octanol–water partition coefficient (Wildman–Crippen LogP) is 1.13. The maximum absolute atomic E-state index is 13.6. The molecule has 4 N–H and O–H groups in total. The normalized spacial score (nSPS) is 11.7. The molecule has 0 saturated heterocycles. The van der Waals surface area contributed by atoms with Crippen LogP contribution < -0.4 is 16.4 Å². The summed E-state index contributed by atoms with van der Waals surface area (Å²) in [7, 11) is 0. The Morgan fingerprint density at radius 3 is 2.65 bits per heavy atom. The van der Waals surface area contributed by atoms with Crippen molar-refractivity contribution >= 4 is 17.6 Å². The minimum Gasteiger partial charge on any atom is -0.372 e. The van der Waals surface area contributed by atoms with Gasteiger partial charge in [-0.3, -0.25) is 10.1 Å². The van der Waals surface area contributed by atoms with E-state index in [-0.39, 0.29) is 5.69 Å². The molecule has 5 nitrogen and oxygen atoms in total. The van der Waals surface area contributed by atoms with Gasteiger partial charge in [-0.2, -0.15) is 0 Å². The molecule has 1 aromatic rings. The summed E-state index contributed by atoms with van der Waals surface area (Å²) in [5, 5.41) is 4.57. The number of anilines is 1. The summed E-state index contributed by atoms with van der Waals surface area (Å²) < 4.78 is 13.6. The molecule has 0 aliphatic rings. The second kappa shape index (κ2) is 5.29. The minimum absolute atomic E-state index is 0.206. The first-order valence-electron chi connectivity index (χ1n) is 5.03. The number of nitrogens with two attached hydrogens (primary N) is 1. The summed E-state index contributed by atoms with van der Waals surface area (Å²) in [4.78, 5) is 21.8. The van der Waals surface area contributed by atoms with Crippen LogP contribution in [0.3, 0.4) is 0 Å². The molecule has 0 bridgehead atoms. The Balaban J connectivity index is 2.74. The van der Waals surface area contributed by atoms with Gasteiger partial charge in [0.25, 0.3) is 0 Å². The zero-order chi connectivity index (χ0) is 13.0. The number of aryl methyl sites for hydroxylation is 1. The smallest absolute Gasteiger partial charge is 0.318 e. The van der Waals surface area contributed by atoms with Crippen LogP contribution in [-0.4, -0.2) is 18.0 Å². The van der Waals surface area contributed by atoms with Crippen molar-refractivity contribution in [2.75, 3.05) is 5.32 Å². The lowest BCUT2D eigenvalue weighted by Crippen LogP contribution is -2.43. The van der Waals surface area contributed by atoms with E-state index in [9.17, 15) is 14.0 Å². The molecule has 17 heavy (non-hydrogen) atoms. The first-order valence-corrected chi connectivity index (χ1v) is 5.03. The van der Waals surface area contributed by atoms with Crippen molar-refractivity contribution < 1.29 is 14.0 Å². The number of carbonyl (C=O) groups excluding carboxylic acids is 2. The van der Waals surface area contributed by atoms with E-state index < -0.39 is 23.8 Å². The molecule has 0 heterocycles. The van der Waals surface area contributed by atoms with Crippen molar-refractivity contribution in [3.63, 3.8) is 0 Å². The molecule has 1 unspecified atom stereocenters. The monoisotopic (exact) mass is 239 g/mol. The van der Waals surface area contributed by atoms with E-state index in [0.29, 0.717) is 5.56 Å². The van der Waals surface area contributed by atoms with Crippen LogP contribution in [0.25, 0.3) is 0 Å². The summed E-state index contributed by atoms with van der Waals surface area (Å²) in [6, 6.07) is 3.09. The standard InChI is InChI=1S/C11H14FN3O2/c1-6-4-3-5-8(9(6)12)14-7(2)10(16)15-11(13)17/h3-5,7,14H,1-2H3,(H3,13,15,16,17). The summed E-state index contributed by atoms with van der Waals surface area (Å²) >= 11 is 0. The quantitative estimate of drug-likeness (QED) is 0.739. The third kappa shape index (κ3) is 3.44. The van der Waals surface area contributed by atoms with Gasteiger partial charge in [-0.1, -0.05) is 12.1 Å². The van der Waals surface area contributed by atoms with Gasteiger partial charge in [0.2, 0.25) is 5.91 Å². The van der Waals surface area contributed by atoms with E-state index in [2.05, 4.69) is 5.32 Å². The first kappa shape index (κ1) is 13.0. The lowest BCUT2D eigenvalue weighted by molar-refractivity contribution is -0.120. The summed E-state index contributed by atoms with van der Waals surface area (Å²) in [5.74, 6) is -1.04. The maximum Gasteiger partial charge on any atom is 0.318 e. The molecular weight excluding hydrogens is 225 g/mol. The number of imide groups is 1. The number of rotatable bonds is 3. The molecule has 0 aliphatic heterocycles. The fourth-order valence-corrected chi connectivity index (χ4v) is 1.29. The lowest BCUT2D eigenvalue weighted by Gasteiger charge is -2.15. The molecule has 92 valence electrons. The van der Waals surface area contributed by atoms with E-state index in [1.165, 1.54) is 13.0 Å². The number of amides is 3. The predicted molar refractivity (Wildman–Crippen MR) is 61.9 cm³/mol. The van der Waals surface area contributed by atoms with Crippen molar-refractivity contribution in [1.29, 1.82) is 0 Å². The molecule has 1 atom stereocenters. The lowest BCUT2D eigenvalue weighted by atomic mass is 10.2. The number of hydrogen-bond acceptors (Lipinski definition) is 3. The highest BCUT2D eigenvalue weighted by atomic mass is 19.1. The third-order valence-electron chi connectivity index (χ3n) is 2.20. The molecule has 1 rings (SSSR count). The highest BCUT2D eigenvalue weighted by Gasteiger charge is 2.16. The Kier molecular flexibility index (Phi) is 4.03. The van der Waals surface area contributed by atoms with Gasteiger partial charge in [-0.05, 0) is 25.5 Å². The Morgan fingerprint density at radius 2 is 2.06 bits per heavy atom. The number of urea groups is 1. The number of nitrogens with one attached hydrogen (secondary N) is 2. The zero-order valence-corrected chi connectivity index (χ0v) is 9.58. The molecule has 0 spiro atoms. The van der Waals surface area contributed by atoms with Crippen LogP contribution in [-0.2, 0) is 4.79 Å². The van der Waals surface area contributed by atoms with E-state index in [1.54, 1.807) is 19.1 Å². The highest BCUT2D eigenvalue weighted by Crippen LogP contribution is 2.17. The average Bonchev–Trinajstić information content (AvgIpc) is 2.23. The van der Waals surface area contributed by atoms with Crippen molar-refractivity contribution in [1.82, 2.24) is 5.32 Å². The SMILES string of the molecule is Cc1cccc(NC(C)C(=O)NC(N)=O)c1F. The molecule has 0 aromatic heterocycles. The van der Waals surface area contributed by atoms with Gasteiger partial charge in [-0.25, -0.2) is 9.18 Å². The van der Waals surface area contributed by atoms with Crippen LogP contribution in [0, 0.1) is 12.7 Å². The minimum atomic E-state index is -0.937. The van der Waals surface area contributed by atoms with Gasteiger partial charge in [0.05, 0.1) is 5.69 Å². The van der Waals surface area contributed by atoms with E-state index in [4.69, 9.17) is 5.73 Å². The van der Waals surface area contributed by atoms with Crippen molar-refractivity contribution in [3.05, 3.63) is 29.6 Å². The number of carbonyl (C=O) groups is 2. The first-order chi connectivity index (χ1) is 7.91. The van der Waals surface area contributed by atoms with Crippen molar-refractivity contribution in [3.8, 4) is 0 Å². The van der Waals surface area contributed by atoms with Gasteiger partial charge < -0.3 is 11.1 Å². The fourth-order valence-electron chi connectivity index (χ4n) is 1.29. The van der Waals surface area contributed by atoms with Crippen LogP contribution in [0.2, 0.25) is 0 Å². The van der Waals surface area contributed by atoms with E-state index in [0.717, 1.165) is 0 Å². The molecule has 0 aliphatic carbocycles. The van der Waals surface area contributed by atoms with E-state index >= 15 is 0 Å². The zero-order valence-electron chi connectivity index (χ0n) is 9.58. The number of halogens is 1. The highest BCUT2D eigenvalue weighted by molar-refractivity contribution is 5.97. The largest absolute Gasteiger partial charge is 0.372 e. The summed E-state index contributed by atoms with van der Waals surface area (Å²) in [6.45, 7) is 3.12.